The van der Waals surface area contributed by atoms with Gasteiger partial charge in [0.1, 0.15) is 0 Å². The van der Waals surface area contributed by atoms with Crippen molar-refractivity contribution in [3.05, 3.63) is 150 Å². The molecule has 5 aromatic carbocycles. The van der Waals surface area contributed by atoms with Crippen molar-refractivity contribution >= 4 is 17.1 Å². The summed E-state index contributed by atoms with van der Waals surface area (Å²) < 4.78 is 17.3. The lowest BCUT2D eigenvalue weighted by Crippen LogP contribution is -2.20. The maximum atomic E-state index is 17.3. The SMILES string of the molecule is FC1(c2ccccc2)c2ccccc2-c2c(N(c3ccccc3)c3ccccc3)cccc21. The number of alkyl halides is 1. The Morgan fingerprint density at radius 1 is 0.485 bits per heavy atom. The summed E-state index contributed by atoms with van der Waals surface area (Å²) in [6.45, 7) is 0. The monoisotopic (exact) mass is 427 g/mol. The van der Waals surface area contributed by atoms with E-state index in [4.69, 9.17) is 0 Å². The van der Waals surface area contributed by atoms with E-state index in [1.807, 2.05) is 103 Å². The molecule has 0 fully saturated rings. The number of para-hydroxylation sites is 2. The predicted molar refractivity (Wildman–Crippen MR) is 134 cm³/mol. The van der Waals surface area contributed by atoms with Gasteiger partial charge in [0, 0.05) is 28.1 Å². The molecule has 158 valence electrons. The molecule has 0 bridgehead atoms. The fourth-order valence-corrected chi connectivity index (χ4v) is 5.00. The average molecular weight is 428 g/mol. The molecule has 5 aromatic rings. The van der Waals surface area contributed by atoms with Gasteiger partial charge in [0.15, 0.2) is 5.67 Å². The third-order valence-electron chi connectivity index (χ3n) is 6.42. The molecule has 1 aliphatic rings. The van der Waals surface area contributed by atoms with Crippen molar-refractivity contribution in [1.82, 2.24) is 0 Å². The summed E-state index contributed by atoms with van der Waals surface area (Å²) in [6.07, 6.45) is 0. The number of hydrogen-bond acceptors (Lipinski definition) is 1. The van der Waals surface area contributed by atoms with Crippen LogP contribution in [0.4, 0.5) is 21.5 Å². The van der Waals surface area contributed by atoms with E-state index >= 15 is 4.39 Å². The number of fused-ring (bicyclic) bond motifs is 3. The minimum atomic E-state index is -1.71. The van der Waals surface area contributed by atoms with E-state index in [1.54, 1.807) is 0 Å². The minimum Gasteiger partial charge on any atom is -0.310 e. The van der Waals surface area contributed by atoms with Gasteiger partial charge in [-0.1, -0.05) is 103 Å². The second-order valence-electron chi connectivity index (χ2n) is 8.28. The van der Waals surface area contributed by atoms with Crippen LogP contribution in [0, 0.1) is 0 Å². The van der Waals surface area contributed by atoms with Crippen molar-refractivity contribution in [3.63, 3.8) is 0 Å². The van der Waals surface area contributed by atoms with Crippen molar-refractivity contribution in [3.8, 4) is 11.1 Å². The Hall–Kier alpha value is -4.17. The lowest BCUT2D eigenvalue weighted by molar-refractivity contribution is 0.288. The Kier molecular flexibility index (Phi) is 4.58. The van der Waals surface area contributed by atoms with Gasteiger partial charge in [-0.2, -0.15) is 0 Å². The van der Waals surface area contributed by atoms with Crippen LogP contribution in [-0.4, -0.2) is 0 Å². The van der Waals surface area contributed by atoms with Crippen molar-refractivity contribution in [1.29, 1.82) is 0 Å². The van der Waals surface area contributed by atoms with Crippen LogP contribution in [0.25, 0.3) is 11.1 Å². The Bertz CT molecular complexity index is 1370. The lowest BCUT2D eigenvalue weighted by atomic mass is 9.86. The van der Waals surface area contributed by atoms with Crippen LogP contribution in [-0.2, 0) is 5.67 Å². The van der Waals surface area contributed by atoms with Gasteiger partial charge < -0.3 is 4.90 Å². The van der Waals surface area contributed by atoms with E-state index in [1.165, 1.54) is 0 Å². The highest BCUT2D eigenvalue weighted by Crippen LogP contribution is 2.57. The second kappa shape index (κ2) is 7.75. The molecule has 1 atom stereocenters. The first-order valence-corrected chi connectivity index (χ1v) is 11.2. The smallest absolute Gasteiger partial charge is 0.187 e. The first kappa shape index (κ1) is 19.5. The van der Waals surface area contributed by atoms with Crippen LogP contribution in [0.2, 0.25) is 0 Å². The Labute approximate surface area is 193 Å². The van der Waals surface area contributed by atoms with E-state index in [2.05, 4.69) is 35.2 Å². The van der Waals surface area contributed by atoms with E-state index in [-0.39, 0.29) is 0 Å². The average Bonchev–Trinajstić information content (AvgIpc) is 3.16. The van der Waals surface area contributed by atoms with Gasteiger partial charge in [-0.25, -0.2) is 4.39 Å². The topological polar surface area (TPSA) is 3.24 Å². The lowest BCUT2D eigenvalue weighted by Gasteiger charge is -2.28. The Morgan fingerprint density at radius 3 is 1.64 bits per heavy atom. The zero-order valence-corrected chi connectivity index (χ0v) is 18.0. The van der Waals surface area contributed by atoms with Crippen LogP contribution in [0.3, 0.4) is 0 Å². The largest absolute Gasteiger partial charge is 0.310 e. The van der Waals surface area contributed by atoms with E-state index in [0.717, 1.165) is 28.2 Å². The molecular formula is C31H22FN. The maximum Gasteiger partial charge on any atom is 0.187 e. The van der Waals surface area contributed by atoms with Crippen molar-refractivity contribution < 1.29 is 4.39 Å². The van der Waals surface area contributed by atoms with Gasteiger partial charge in [0.2, 0.25) is 0 Å². The highest BCUT2D eigenvalue weighted by Gasteiger charge is 2.46. The normalized spacial score (nSPS) is 16.2. The van der Waals surface area contributed by atoms with Crippen LogP contribution >= 0.6 is 0 Å². The third kappa shape index (κ3) is 2.99. The summed E-state index contributed by atoms with van der Waals surface area (Å²) >= 11 is 0. The number of anilines is 3. The number of rotatable bonds is 4. The first-order valence-electron chi connectivity index (χ1n) is 11.2. The number of benzene rings is 5. The van der Waals surface area contributed by atoms with Gasteiger partial charge in [-0.3, -0.25) is 0 Å². The fraction of sp³-hybridized carbons (Fsp3) is 0.0323. The zero-order chi connectivity index (χ0) is 22.3. The third-order valence-corrected chi connectivity index (χ3v) is 6.42. The Balaban J connectivity index is 1.67. The van der Waals surface area contributed by atoms with Crippen molar-refractivity contribution in [2.24, 2.45) is 0 Å². The summed E-state index contributed by atoms with van der Waals surface area (Å²) in [5.41, 5.74) is 5.23. The molecule has 0 radical (unpaired) electrons. The molecule has 0 saturated heterocycles. The van der Waals surface area contributed by atoms with Crippen LogP contribution in [0.5, 0.6) is 0 Å². The summed E-state index contributed by atoms with van der Waals surface area (Å²) in [7, 11) is 0. The van der Waals surface area contributed by atoms with Gasteiger partial charge >= 0.3 is 0 Å². The summed E-state index contributed by atoms with van der Waals surface area (Å²) in [6, 6.07) is 43.9. The Morgan fingerprint density at radius 2 is 1.00 bits per heavy atom. The van der Waals surface area contributed by atoms with Crippen LogP contribution in [0.15, 0.2) is 133 Å². The molecule has 6 rings (SSSR count). The quantitative estimate of drug-likeness (QED) is 0.278. The van der Waals surface area contributed by atoms with E-state index < -0.39 is 5.67 Å². The molecule has 0 saturated carbocycles. The van der Waals surface area contributed by atoms with E-state index in [9.17, 15) is 0 Å². The first-order chi connectivity index (χ1) is 16.3. The number of nitrogens with zero attached hydrogens (tertiary/aromatic N) is 1. The highest BCUT2D eigenvalue weighted by atomic mass is 19.1. The molecule has 1 nitrogen and oxygen atoms in total. The fourth-order valence-electron chi connectivity index (χ4n) is 5.00. The molecule has 0 amide bonds. The molecule has 1 unspecified atom stereocenters. The van der Waals surface area contributed by atoms with Crippen LogP contribution < -0.4 is 4.90 Å². The minimum absolute atomic E-state index is 0.652. The molecule has 0 spiro atoms. The molecule has 0 N–H and O–H groups in total. The highest BCUT2D eigenvalue weighted by molar-refractivity contribution is 5.95. The molecule has 1 aliphatic carbocycles. The van der Waals surface area contributed by atoms with Gasteiger partial charge in [-0.15, -0.1) is 0 Å². The molecular weight excluding hydrogens is 405 g/mol. The maximum absolute atomic E-state index is 17.3. The molecule has 2 heteroatoms. The standard InChI is InChI=1S/C31H22FN/c32-31(23-13-4-1-5-14-23)27-20-11-10-19-26(27)30-28(31)21-12-22-29(30)33(24-15-6-2-7-16-24)25-17-8-3-9-18-25/h1-22H. The van der Waals surface area contributed by atoms with Gasteiger partial charge in [0.05, 0.1) is 5.69 Å². The summed E-state index contributed by atoms with van der Waals surface area (Å²) in [5.74, 6) is 0. The molecule has 0 aliphatic heterocycles. The predicted octanol–water partition coefficient (Wildman–Crippen LogP) is 8.40. The summed E-state index contributed by atoms with van der Waals surface area (Å²) in [4.78, 5) is 2.21. The summed E-state index contributed by atoms with van der Waals surface area (Å²) in [5, 5.41) is 0. The van der Waals surface area contributed by atoms with Crippen molar-refractivity contribution in [2.75, 3.05) is 4.90 Å². The van der Waals surface area contributed by atoms with Gasteiger partial charge in [-0.05, 0) is 41.5 Å². The zero-order valence-electron chi connectivity index (χ0n) is 18.0. The van der Waals surface area contributed by atoms with Crippen molar-refractivity contribution in [2.45, 2.75) is 5.67 Å². The number of halogens is 1. The molecule has 0 aromatic heterocycles. The van der Waals surface area contributed by atoms with Crippen LogP contribution in [0.1, 0.15) is 16.7 Å². The molecule has 0 heterocycles. The van der Waals surface area contributed by atoms with E-state index in [0.29, 0.717) is 16.7 Å². The molecule has 33 heavy (non-hydrogen) atoms. The second-order valence-corrected chi connectivity index (χ2v) is 8.28. The number of hydrogen-bond donors (Lipinski definition) is 0. The van der Waals surface area contributed by atoms with Gasteiger partial charge in [0.25, 0.3) is 0 Å².